The second-order valence-corrected chi connectivity index (χ2v) is 12.0. The summed E-state index contributed by atoms with van der Waals surface area (Å²) in [4.78, 5) is 21.7. The predicted octanol–water partition coefficient (Wildman–Crippen LogP) is 6.24. The lowest BCUT2D eigenvalue weighted by Gasteiger charge is -2.26. The van der Waals surface area contributed by atoms with Crippen LogP contribution in [0.2, 0.25) is 0 Å². The van der Waals surface area contributed by atoms with E-state index >= 15 is 0 Å². The number of imidazole rings is 1. The summed E-state index contributed by atoms with van der Waals surface area (Å²) in [6.45, 7) is 8.84. The van der Waals surface area contributed by atoms with Crippen LogP contribution in [0.4, 0.5) is 19.0 Å². The van der Waals surface area contributed by atoms with Crippen LogP contribution in [-0.4, -0.2) is 45.4 Å². The number of nitrogens with zero attached hydrogens (tertiary/aromatic N) is 3. The maximum atomic E-state index is 14.1. The van der Waals surface area contributed by atoms with Crippen molar-refractivity contribution in [1.29, 1.82) is 0 Å². The van der Waals surface area contributed by atoms with Crippen molar-refractivity contribution >= 4 is 41.5 Å². The Bertz CT molecular complexity index is 1660. The Morgan fingerprint density at radius 1 is 1.07 bits per heavy atom. The van der Waals surface area contributed by atoms with Crippen molar-refractivity contribution in [2.45, 2.75) is 72.2 Å². The standard InChI is InChI=1S/C29H35F3N5O6P/c1-6-40-16-24-35-25-26(22-9-7-8-10-23(22)34-27(25)33)37(24)15-18(4)42-44(39,36-19(5)28(38)41-17(2)3)43-21-13-11-20(12-14-21)29(30,31)32/h7-14,17-19H,6,15-16H2,1-5H3,(H2,33,34)(H,36,39)/t18-,19+,44?/m1/s1. The van der Waals surface area contributed by atoms with Crippen LogP contribution in [0.5, 0.6) is 5.75 Å². The number of ether oxygens (including phenoxy) is 2. The molecule has 44 heavy (non-hydrogen) atoms. The molecule has 0 fully saturated rings. The molecule has 4 rings (SSSR count). The Morgan fingerprint density at radius 3 is 2.39 bits per heavy atom. The number of carbonyl (C=O) groups is 1. The van der Waals surface area contributed by atoms with Gasteiger partial charge in [0.25, 0.3) is 0 Å². The highest BCUT2D eigenvalue weighted by Crippen LogP contribution is 2.47. The zero-order valence-corrected chi connectivity index (χ0v) is 25.8. The zero-order chi connectivity index (χ0) is 32.2. The second kappa shape index (κ2) is 13.5. The second-order valence-electron chi connectivity index (χ2n) is 10.4. The van der Waals surface area contributed by atoms with Gasteiger partial charge >= 0.3 is 19.9 Å². The van der Waals surface area contributed by atoms with E-state index in [1.165, 1.54) is 6.92 Å². The van der Waals surface area contributed by atoms with Gasteiger partial charge in [-0.2, -0.15) is 18.3 Å². The third-order valence-electron chi connectivity index (χ3n) is 6.35. The van der Waals surface area contributed by atoms with Crippen molar-refractivity contribution in [3.05, 3.63) is 59.9 Å². The fourth-order valence-electron chi connectivity index (χ4n) is 4.48. The van der Waals surface area contributed by atoms with Crippen molar-refractivity contribution in [2.75, 3.05) is 12.3 Å². The normalized spacial score (nSPS) is 14.9. The van der Waals surface area contributed by atoms with Gasteiger partial charge in [0, 0.05) is 12.0 Å². The summed E-state index contributed by atoms with van der Waals surface area (Å²) in [5, 5.41) is 3.33. The number of esters is 1. The number of nitrogens with one attached hydrogen (secondary N) is 1. The van der Waals surface area contributed by atoms with E-state index in [1.54, 1.807) is 20.8 Å². The third-order valence-corrected chi connectivity index (χ3v) is 8.14. The first-order valence-corrected chi connectivity index (χ1v) is 15.5. The molecule has 0 aliphatic carbocycles. The molecule has 1 unspecified atom stereocenters. The van der Waals surface area contributed by atoms with E-state index in [-0.39, 0.29) is 24.7 Å². The molecule has 2 aromatic carbocycles. The summed E-state index contributed by atoms with van der Waals surface area (Å²) < 4.78 is 77.7. The number of aromatic nitrogens is 3. The smallest absolute Gasteiger partial charge is 0.459 e. The lowest BCUT2D eigenvalue weighted by atomic mass is 10.2. The fraction of sp³-hybridized carbons (Fsp3) is 0.414. The highest BCUT2D eigenvalue weighted by molar-refractivity contribution is 7.52. The van der Waals surface area contributed by atoms with Crippen LogP contribution in [0.15, 0.2) is 48.5 Å². The molecule has 0 saturated heterocycles. The third kappa shape index (κ3) is 7.86. The first-order chi connectivity index (χ1) is 20.7. The average molecular weight is 638 g/mol. The molecule has 238 valence electrons. The van der Waals surface area contributed by atoms with Gasteiger partial charge in [-0.1, -0.05) is 18.2 Å². The molecule has 0 bridgehead atoms. The minimum Gasteiger partial charge on any atom is -0.462 e. The van der Waals surface area contributed by atoms with E-state index in [2.05, 4.69) is 15.1 Å². The number of nitrogen functional groups attached to an aromatic ring is 1. The summed E-state index contributed by atoms with van der Waals surface area (Å²) >= 11 is 0. The molecule has 3 N–H and O–H groups in total. The van der Waals surface area contributed by atoms with E-state index in [0.717, 1.165) is 29.7 Å². The maximum Gasteiger partial charge on any atom is 0.459 e. The summed E-state index contributed by atoms with van der Waals surface area (Å²) in [5.74, 6) is -0.149. The van der Waals surface area contributed by atoms with Gasteiger partial charge in [0.2, 0.25) is 0 Å². The predicted molar refractivity (Wildman–Crippen MR) is 159 cm³/mol. The van der Waals surface area contributed by atoms with Crippen LogP contribution in [0.25, 0.3) is 21.9 Å². The van der Waals surface area contributed by atoms with Gasteiger partial charge in [0.1, 0.15) is 29.7 Å². The van der Waals surface area contributed by atoms with E-state index in [9.17, 15) is 22.5 Å². The molecule has 15 heteroatoms. The van der Waals surface area contributed by atoms with Gasteiger partial charge < -0.3 is 24.3 Å². The monoisotopic (exact) mass is 637 g/mol. The van der Waals surface area contributed by atoms with E-state index in [1.807, 2.05) is 35.8 Å². The lowest BCUT2D eigenvalue weighted by molar-refractivity contribution is -0.149. The Morgan fingerprint density at radius 2 is 1.75 bits per heavy atom. The summed E-state index contributed by atoms with van der Waals surface area (Å²) in [6, 6.07) is 9.86. The Labute approximate surface area is 252 Å². The van der Waals surface area contributed by atoms with Crippen LogP contribution in [0.1, 0.15) is 46.0 Å². The fourth-order valence-corrected chi connectivity index (χ4v) is 6.15. The number of para-hydroxylation sites is 1. The molecule has 0 saturated carbocycles. The van der Waals surface area contributed by atoms with Crippen LogP contribution >= 0.6 is 7.75 Å². The molecular formula is C29H35F3N5O6P. The number of hydrogen-bond donors (Lipinski definition) is 2. The van der Waals surface area contributed by atoms with Crippen LogP contribution < -0.4 is 15.3 Å². The zero-order valence-electron chi connectivity index (χ0n) is 24.9. The molecule has 0 radical (unpaired) electrons. The maximum absolute atomic E-state index is 14.1. The molecule has 4 aromatic rings. The number of alkyl halides is 3. The van der Waals surface area contributed by atoms with E-state index < -0.39 is 43.7 Å². The molecule has 11 nitrogen and oxygen atoms in total. The van der Waals surface area contributed by atoms with E-state index in [4.69, 9.17) is 24.3 Å². The number of halogens is 3. The van der Waals surface area contributed by atoms with Gasteiger partial charge in [-0.15, -0.1) is 0 Å². The summed E-state index contributed by atoms with van der Waals surface area (Å²) in [6.07, 6.45) is -5.88. The van der Waals surface area contributed by atoms with Crippen LogP contribution in [0.3, 0.4) is 0 Å². The number of rotatable bonds is 13. The largest absolute Gasteiger partial charge is 0.462 e. The molecule has 0 amide bonds. The Hall–Kier alpha value is -3.71. The quantitative estimate of drug-likeness (QED) is 0.128. The number of benzene rings is 2. The highest BCUT2D eigenvalue weighted by Gasteiger charge is 2.36. The number of carbonyl (C=O) groups excluding carboxylic acids is 1. The molecule has 0 aliphatic rings. The Balaban J connectivity index is 1.69. The van der Waals surface area contributed by atoms with Crippen LogP contribution in [-0.2, 0) is 42.7 Å². The van der Waals surface area contributed by atoms with Crippen molar-refractivity contribution in [3.63, 3.8) is 0 Å². The number of fused-ring (bicyclic) bond motifs is 3. The number of hydrogen-bond acceptors (Lipinski definition) is 9. The minimum absolute atomic E-state index is 0.0826. The van der Waals surface area contributed by atoms with Crippen molar-refractivity contribution in [1.82, 2.24) is 19.6 Å². The number of anilines is 1. The van der Waals surface area contributed by atoms with Gasteiger partial charge in [-0.25, -0.2) is 14.5 Å². The molecule has 2 heterocycles. The first kappa shape index (κ1) is 33.2. The minimum atomic E-state index is -4.57. The van der Waals surface area contributed by atoms with Gasteiger partial charge in [-0.05, 0) is 65.0 Å². The van der Waals surface area contributed by atoms with Crippen molar-refractivity contribution in [2.24, 2.45) is 0 Å². The molecular weight excluding hydrogens is 602 g/mol. The topological polar surface area (TPSA) is 140 Å². The van der Waals surface area contributed by atoms with Crippen LogP contribution in [0, 0.1) is 0 Å². The Kier molecular flexibility index (Phi) is 10.2. The van der Waals surface area contributed by atoms with Crippen molar-refractivity contribution in [3.8, 4) is 5.75 Å². The molecule has 3 atom stereocenters. The number of nitrogens with two attached hydrogens (primary N) is 1. The van der Waals surface area contributed by atoms with Crippen molar-refractivity contribution < 1.29 is 41.1 Å². The SMILES string of the molecule is CCOCc1nc2c(N)nc3ccccc3c2n1C[C@@H](C)OP(=O)(N[C@@H](C)C(=O)OC(C)C)Oc1ccc(C(F)(F)F)cc1. The van der Waals surface area contributed by atoms with Gasteiger partial charge in [0.15, 0.2) is 5.82 Å². The number of pyridine rings is 1. The average Bonchev–Trinajstić information content (AvgIpc) is 3.29. The van der Waals surface area contributed by atoms with Gasteiger partial charge in [-0.3, -0.25) is 9.32 Å². The summed E-state index contributed by atoms with van der Waals surface area (Å²) in [5.41, 5.74) is 7.11. The first-order valence-electron chi connectivity index (χ1n) is 14.0. The van der Waals surface area contributed by atoms with Gasteiger partial charge in [0.05, 0.1) is 35.3 Å². The summed E-state index contributed by atoms with van der Waals surface area (Å²) in [7, 11) is -4.41. The van der Waals surface area contributed by atoms with E-state index in [0.29, 0.717) is 29.0 Å². The molecule has 0 aliphatic heterocycles. The molecule has 2 aromatic heterocycles. The molecule has 0 spiro atoms. The highest BCUT2D eigenvalue weighted by atomic mass is 31.2. The lowest BCUT2D eigenvalue weighted by Crippen LogP contribution is -2.37.